The second kappa shape index (κ2) is 9.55. The third-order valence-electron chi connectivity index (χ3n) is 7.19. The van der Waals surface area contributed by atoms with Gasteiger partial charge in [0.1, 0.15) is 18.1 Å². The number of aromatic nitrogens is 3. The summed E-state index contributed by atoms with van der Waals surface area (Å²) in [4.78, 5) is 23.6. The number of carbonyl (C=O) groups excluding carboxylic acids is 1. The summed E-state index contributed by atoms with van der Waals surface area (Å²) in [6.45, 7) is 10.7. The molecule has 1 saturated heterocycles. The van der Waals surface area contributed by atoms with E-state index < -0.39 is 0 Å². The lowest BCUT2D eigenvalue weighted by Crippen LogP contribution is -2.45. The minimum absolute atomic E-state index is 0.116. The summed E-state index contributed by atoms with van der Waals surface area (Å²) in [5, 5.41) is 4.13. The quantitative estimate of drug-likeness (QED) is 0.725. The summed E-state index contributed by atoms with van der Waals surface area (Å²) in [5.41, 5.74) is 3.54. The van der Waals surface area contributed by atoms with Crippen molar-refractivity contribution in [3.63, 3.8) is 0 Å². The zero-order chi connectivity index (χ0) is 22.0. The highest BCUT2D eigenvalue weighted by molar-refractivity contribution is 5.86. The summed E-state index contributed by atoms with van der Waals surface area (Å²) in [7, 11) is 0. The molecule has 7 nitrogen and oxygen atoms in total. The van der Waals surface area contributed by atoms with Gasteiger partial charge in [-0.25, -0.2) is 9.97 Å². The van der Waals surface area contributed by atoms with Gasteiger partial charge in [-0.3, -0.25) is 9.69 Å². The minimum Gasteiger partial charge on any atom is -0.474 e. The van der Waals surface area contributed by atoms with Gasteiger partial charge < -0.3 is 14.6 Å². The number of aryl methyl sites for hydroxylation is 1. The van der Waals surface area contributed by atoms with Gasteiger partial charge in [-0.2, -0.15) is 0 Å². The Morgan fingerprint density at radius 1 is 1.19 bits per heavy atom. The van der Waals surface area contributed by atoms with Crippen molar-refractivity contribution in [2.24, 2.45) is 0 Å². The molecule has 1 atom stereocenters. The molecule has 2 aromatic heterocycles. The number of amides is 1. The van der Waals surface area contributed by atoms with Gasteiger partial charge in [0.2, 0.25) is 11.8 Å². The van der Waals surface area contributed by atoms with Crippen molar-refractivity contribution in [3.05, 3.63) is 17.6 Å². The van der Waals surface area contributed by atoms with Crippen molar-refractivity contribution in [3.8, 4) is 5.88 Å². The van der Waals surface area contributed by atoms with Crippen LogP contribution in [0.4, 0.5) is 0 Å². The smallest absolute Gasteiger partial charge is 0.234 e. The van der Waals surface area contributed by atoms with Crippen molar-refractivity contribution < 1.29 is 9.53 Å². The van der Waals surface area contributed by atoms with E-state index in [4.69, 9.17) is 4.74 Å². The maximum atomic E-state index is 12.2. The molecule has 1 N–H and O–H groups in total. The average Bonchev–Trinajstić information content (AvgIpc) is 3.37. The van der Waals surface area contributed by atoms with Crippen LogP contribution in [0.3, 0.4) is 0 Å². The highest BCUT2D eigenvalue weighted by Gasteiger charge is 2.27. The maximum absolute atomic E-state index is 12.2. The van der Waals surface area contributed by atoms with Crippen LogP contribution in [0.1, 0.15) is 76.1 Å². The number of nitrogens with one attached hydrogen (secondary N) is 1. The van der Waals surface area contributed by atoms with Gasteiger partial charge in [-0.1, -0.05) is 19.8 Å². The van der Waals surface area contributed by atoms with Crippen LogP contribution < -0.4 is 10.1 Å². The monoisotopic (exact) mass is 427 g/mol. The van der Waals surface area contributed by atoms with E-state index in [2.05, 4.69) is 45.5 Å². The molecule has 0 aromatic carbocycles. The molecular formula is C24H37N5O2. The molecule has 0 bridgehead atoms. The lowest BCUT2D eigenvalue weighted by Gasteiger charge is -2.31. The predicted molar refractivity (Wildman–Crippen MR) is 122 cm³/mol. The Bertz CT molecular complexity index is 910. The SMILES string of the molecule is CC[C@@H](C)NC(=O)CN1CCC(Oc2ncnc3c2c(C)c(C)n3C2CCCC2)CC1. The van der Waals surface area contributed by atoms with Crippen LogP contribution in [0.15, 0.2) is 6.33 Å². The lowest BCUT2D eigenvalue weighted by molar-refractivity contribution is -0.123. The molecule has 1 amide bonds. The number of carbonyl (C=O) groups is 1. The van der Waals surface area contributed by atoms with Crippen molar-refractivity contribution >= 4 is 16.9 Å². The van der Waals surface area contributed by atoms with Crippen LogP contribution in [-0.4, -0.2) is 57.1 Å². The molecule has 0 spiro atoms. The fraction of sp³-hybridized carbons (Fsp3) is 0.708. The van der Waals surface area contributed by atoms with E-state index in [1.54, 1.807) is 6.33 Å². The molecule has 2 aromatic rings. The molecule has 4 rings (SSSR count). The number of piperidine rings is 1. The number of hydrogen-bond acceptors (Lipinski definition) is 5. The highest BCUT2D eigenvalue weighted by Crippen LogP contribution is 2.38. The van der Waals surface area contributed by atoms with Crippen LogP contribution in [-0.2, 0) is 4.79 Å². The van der Waals surface area contributed by atoms with E-state index in [-0.39, 0.29) is 18.1 Å². The van der Waals surface area contributed by atoms with E-state index in [0.717, 1.165) is 49.3 Å². The molecule has 2 fully saturated rings. The van der Waals surface area contributed by atoms with Crippen LogP contribution >= 0.6 is 0 Å². The first-order chi connectivity index (χ1) is 15.0. The highest BCUT2D eigenvalue weighted by atomic mass is 16.5. The fourth-order valence-corrected chi connectivity index (χ4v) is 5.06. The molecule has 170 valence electrons. The average molecular weight is 428 g/mol. The Morgan fingerprint density at radius 3 is 2.58 bits per heavy atom. The van der Waals surface area contributed by atoms with Crippen molar-refractivity contribution in [2.75, 3.05) is 19.6 Å². The van der Waals surface area contributed by atoms with Crippen molar-refractivity contribution in [2.45, 2.75) is 90.8 Å². The predicted octanol–water partition coefficient (Wildman–Crippen LogP) is 3.92. The van der Waals surface area contributed by atoms with E-state index in [0.29, 0.717) is 12.6 Å². The van der Waals surface area contributed by atoms with Gasteiger partial charge in [-0.05, 0) is 58.4 Å². The van der Waals surface area contributed by atoms with E-state index in [1.165, 1.54) is 36.9 Å². The topological polar surface area (TPSA) is 72.3 Å². The molecule has 31 heavy (non-hydrogen) atoms. The fourth-order valence-electron chi connectivity index (χ4n) is 5.06. The molecule has 1 saturated carbocycles. The first kappa shape index (κ1) is 22.1. The third-order valence-corrected chi connectivity index (χ3v) is 7.19. The second-order valence-electron chi connectivity index (χ2n) is 9.37. The Labute approximate surface area is 185 Å². The summed E-state index contributed by atoms with van der Waals surface area (Å²) in [5.74, 6) is 0.834. The van der Waals surface area contributed by atoms with Crippen LogP contribution in [0.25, 0.3) is 11.0 Å². The van der Waals surface area contributed by atoms with Gasteiger partial charge in [-0.15, -0.1) is 0 Å². The van der Waals surface area contributed by atoms with Gasteiger partial charge >= 0.3 is 0 Å². The first-order valence-corrected chi connectivity index (χ1v) is 12.0. The number of hydrogen-bond donors (Lipinski definition) is 1. The van der Waals surface area contributed by atoms with E-state index >= 15 is 0 Å². The summed E-state index contributed by atoms with van der Waals surface area (Å²) < 4.78 is 8.85. The van der Waals surface area contributed by atoms with Crippen molar-refractivity contribution in [1.82, 2.24) is 24.8 Å². The Hall–Kier alpha value is -2.15. The van der Waals surface area contributed by atoms with E-state index in [9.17, 15) is 4.79 Å². The summed E-state index contributed by atoms with van der Waals surface area (Å²) in [6.07, 6.45) is 9.60. The van der Waals surface area contributed by atoms with Crippen LogP contribution in [0, 0.1) is 13.8 Å². The molecule has 1 aliphatic heterocycles. The molecule has 2 aliphatic rings. The Morgan fingerprint density at radius 2 is 1.90 bits per heavy atom. The number of nitrogens with zero attached hydrogens (tertiary/aromatic N) is 4. The number of fused-ring (bicyclic) bond motifs is 1. The number of rotatable bonds is 7. The first-order valence-electron chi connectivity index (χ1n) is 12.0. The van der Waals surface area contributed by atoms with Gasteiger partial charge in [0.25, 0.3) is 0 Å². The Balaban J connectivity index is 1.42. The molecule has 0 radical (unpaired) electrons. The molecule has 0 unspecified atom stereocenters. The van der Waals surface area contributed by atoms with Crippen LogP contribution in [0.5, 0.6) is 5.88 Å². The minimum atomic E-state index is 0.116. The third kappa shape index (κ3) is 4.71. The largest absolute Gasteiger partial charge is 0.474 e. The zero-order valence-corrected chi connectivity index (χ0v) is 19.5. The molecule has 1 aliphatic carbocycles. The number of likely N-dealkylation sites (tertiary alicyclic amines) is 1. The second-order valence-corrected chi connectivity index (χ2v) is 9.37. The van der Waals surface area contributed by atoms with Gasteiger partial charge in [0.15, 0.2) is 0 Å². The van der Waals surface area contributed by atoms with Crippen molar-refractivity contribution in [1.29, 1.82) is 0 Å². The Kier molecular flexibility index (Phi) is 6.80. The molecule has 7 heteroatoms. The zero-order valence-electron chi connectivity index (χ0n) is 19.5. The molecule has 3 heterocycles. The van der Waals surface area contributed by atoms with Crippen LogP contribution in [0.2, 0.25) is 0 Å². The van der Waals surface area contributed by atoms with E-state index in [1.807, 2.05) is 6.92 Å². The summed E-state index contributed by atoms with van der Waals surface area (Å²) >= 11 is 0. The van der Waals surface area contributed by atoms with Gasteiger partial charge in [0.05, 0.1) is 11.9 Å². The lowest BCUT2D eigenvalue weighted by atomic mass is 10.1. The standard InChI is InChI=1S/C24H37N5O2/c1-5-16(2)27-21(30)14-28-12-10-20(11-13-28)31-24-22-17(3)18(4)29(19-8-6-7-9-19)23(22)25-15-26-24/h15-16,19-20H,5-14H2,1-4H3,(H,27,30)/t16-/m1/s1. The normalized spacial score (nSPS) is 19.7. The molecular weight excluding hydrogens is 390 g/mol. The maximum Gasteiger partial charge on any atom is 0.234 e. The summed E-state index contributed by atoms with van der Waals surface area (Å²) in [6, 6.07) is 0.778. The van der Waals surface area contributed by atoms with Gasteiger partial charge in [0, 0.05) is 30.9 Å². The number of ether oxygens (including phenoxy) is 1.